The van der Waals surface area contributed by atoms with E-state index >= 15 is 0 Å². The molecule has 0 saturated heterocycles. The maximum Gasteiger partial charge on any atom is 0.251 e. The number of nitrogens with one attached hydrogen (secondary N) is 1. The number of hydrogen-bond acceptors (Lipinski definition) is 2. The van der Waals surface area contributed by atoms with Crippen LogP contribution < -0.4 is 11.1 Å². The number of amides is 1. The van der Waals surface area contributed by atoms with E-state index in [1.807, 2.05) is 0 Å². The van der Waals surface area contributed by atoms with Gasteiger partial charge in [0.05, 0.1) is 16.0 Å². The molecule has 1 amide bonds. The number of halogens is 2. The van der Waals surface area contributed by atoms with Gasteiger partial charge < -0.3 is 11.1 Å². The van der Waals surface area contributed by atoms with E-state index in [2.05, 4.69) is 33.5 Å². The fourth-order valence-corrected chi connectivity index (χ4v) is 1.36. The zero-order valence-corrected chi connectivity index (χ0v) is 9.99. The van der Waals surface area contributed by atoms with E-state index < -0.39 is 5.82 Å². The largest absolute Gasteiger partial charge is 0.392 e. The number of thiocarbonyl (C=S) groups is 1. The Kier molecular flexibility index (Phi) is 4.16. The molecular formula is C9H8BrFN2OS. The molecule has 0 unspecified atom stereocenters. The minimum Gasteiger partial charge on any atom is -0.392 e. The zero-order valence-electron chi connectivity index (χ0n) is 7.59. The lowest BCUT2D eigenvalue weighted by Gasteiger charge is -2.04. The SMILES string of the molecule is NC(=S)CNC(=O)c1ccc(F)c(Br)c1. The fourth-order valence-electron chi connectivity index (χ4n) is 0.907. The molecule has 80 valence electrons. The summed E-state index contributed by atoms with van der Waals surface area (Å²) in [5.74, 6) is -0.760. The van der Waals surface area contributed by atoms with Gasteiger partial charge in [-0.05, 0) is 34.1 Å². The Bertz CT molecular complexity index is 411. The van der Waals surface area contributed by atoms with E-state index in [4.69, 9.17) is 5.73 Å². The summed E-state index contributed by atoms with van der Waals surface area (Å²) in [5.41, 5.74) is 5.57. The minimum absolute atomic E-state index is 0.128. The smallest absolute Gasteiger partial charge is 0.251 e. The Balaban J connectivity index is 2.74. The predicted octanol–water partition coefficient (Wildman–Crippen LogP) is 1.60. The van der Waals surface area contributed by atoms with Gasteiger partial charge in [0.2, 0.25) is 0 Å². The van der Waals surface area contributed by atoms with Crippen LogP contribution in [-0.4, -0.2) is 17.4 Å². The molecule has 0 radical (unpaired) electrons. The third-order valence-corrected chi connectivity index (χ3v) is 2.36. The van der Waals surface area contributed by atoms with Crippen LogP contribution in [0.15, 0.2) is 22.7 Å². The maximum absolute atomic E-state index is 12.9. The maximum atomic E-state index is 12.9. The lowest BCUT2D eigenvalue weighted by Crippen LogP contribution is -2.32. The van der Waals surface area contributed by atoms with Crippen molar-refractivity contribution in [3.8, 4) is 0 Å². The number of hydrogen-bond donors (Lipinski definition) is 2. The molecule has 0 aliphatic rings. The van der Waals surface area contributed by atoms with Gasteiger partial charge in [0.1, 0.15) is 5.82 Å². The van der Waals surface area contributed by atoms with E-state index in [9.17, 15) is 9.18 Å². The van der Waals surface area contributed by atoms with Crippen molar-refractivity contribution in [3.05, 3.63) is 34.1 Å². The Morgan fingerprint density at radius 1 is 1.60 bits per heavy atom. The first-order valence-corrected chi connectivity index (χ1v) is 5.22. The average molecular weight is 291 g/mol. The van der Waals surface area contributed by atoms with Crippen LogP contribution in [0, 0.1) is 5.82 Å². The van der Waals surface area contributed by atoms with Gasteiger partial charge in [0.25, 0.3) is 5.91 Å². The third kappa shape index (κ3) is 3.56. The van der Waals surface area contributed by atoms with Crippen molar-refractivity contribution < 1.29 is 9.18 Å². The fraction of sp³-hybridized carbons (Fsp3) is 0.111. The molecule has 3 nitrogen and oxygen atoms in total. The average Bonchev–Trinajstić information content (AvgIpc) is 2.18. The second-order valence-electron chi connectivity index (χ2n) is 2.78. The Hall–Kier alpha value is -1.01. The highest BCUT2D eigenvalue weighted by atomic mass is 79.9. The van der Waals surface area contributed by atoms with Crippen molar-refractivity contribution in [2.45, 2.75) is 0 Å². The van der Waals surface area contributed by atoms with E-state index in [1.165, 1.54) is 18.2 Å². The molecule has 0 atom stereocenters. The van der Waals surface area contributed by atoms with Gasteiger partial charge in [-0.2, -0.15) is 0 Å². The molecule has 1 aromatic carbocycles. The lowest BCUT2D eigenvalue weighted by atomic mass is 10.2. The lowest BCUT2D eigenvalue weighted by molar-refractivity contribution is 0.0959. The van der Waals surface area contributed by atoms with E-state index in [1.54, 1.807) is 0 Å². The van der Waals surface area contributed by atoms with Crippen molar-refractivity contribution in [1.82, 2.24) is 5.32 Å². The molecular weight excluding hydrogens is 283 g/mol. The molecule has 0 aliphatic carbocycles. The Morgan fingerprint density at radius 3 is 2.80 bits per heavy atom. The van der Waals surface area contributed by atoms with Gasteiger partial charge in [-0.3, -0.25) is 4.79 Å². The predicted molar refractivity (Wildman–Crippen MR) is 63.2 cm³/mol. The molecule has 1 aromatic rings. The van der Waals surface area contributed by atoms with E-state index in [0.29, 0.717) is 5.56 Å². The van der Waals surface area contributed by atoms with Gasteiger partial charge in [-0.15, -0.1) is 0 Å². The first kappa shape index (κ1) is 12.1. The summed E-state index contributed by atoms with van der Waals surface area (Å²) in [4.78, 5) is 11.6. The topological polar surface area (TPSA) is 55.1 Å². The Labute approximate surface area is 100.0 Å². The van der Waals surface area contributed by atoms with Crippen LogP contribution in [0.3, 0.4) is 0 Å². The summed E-state index contributed by atoms with van der Waals surface area (Å²) in [6, 6.07) is 3.99. The highest BCUT2D eigenvalue weighted by Gasteiger charge is 2.07. The molecule has 15 heavy (non-hydrogen) atoms. The molecule has 0 saturated carbocycles. The van der Waals surface area contributed by atoms with Gasteiger partial charge in [0, 0.05) is 5.56 Å². The number of carbonyl (C=O) groups is 1. The van der Waals surface area contributed by atoms with Crippen molar-refractivity contribution in [3.63, 3.8) is 0 Å². The first-order valence-electron chi connectivity index (χ1n) is 4.02. The van der Waals surface area contributed by atoms with E-state index in [-0.39, 0.29) is 21.9 Å². The molecule has 0 heterocycles. The molecule has 0 spiro atoms. The number of rotatable bonds is 3. The van der Waals surface area contributed by atoms with Crippen LogP contribution in [0.5, 0.6) is 0 Å². The van der Waals surface area contributed by atoms with Gasteiger partial charge >= 0.3 is 0 Å². The van der Waals surface area contributed by atoms with Crippen LogP contribution in [0.1, 0.15) is 10.4 Å². The second kappa shape index (κ2) is 5.18. The first-order chi connectivity index (χ1) is 7.00. The summed E-state index contributed by atoms with van der Waals surface area (Å²) in [5, 5.41) is 2.50. The van der Waals surface area contributed by atoms with Crippen molar-refractivity contribution in [1.29, 1.82) is 0 Å². The third-order valence-electron chi connectivity index (χ3n) is 1.60. The summed E-state index contributed by atoms with van der Waals surface area (Å²) < 4.78 is 13.1. The van der Waals surface area contributed by atoms with Crippen molar-refractivity contribution in [2.24, 2.45) is 5.73 Å². The summed E-state index contributed by atoms with van der Waals surface area (Å²) in [7, 11) is 0. The number of carbonyl (C=O) groups excluding carboxylic acids is 1. The minimum atomic E-state index is -0.416. The van der Waals surface area contributed by atoms with Crippen LogP contribution >= 0.6 is 28.1 Å². The molecule has 6 heteroatoms. The summed E-state index contributed by atoms with van der Waals surface area (Å²) >= 11 is 7.59. The highest BCUT2D eigenvalue weighted by Crippen LogP contribution is 2.16. The normalized spacial score (nSPS) is 9.73. The molecule has 0 aliphatic heterocycles. The van der Waals surface area contributed by atoms with Crippen LogP contribution in [0.2, 0.25) is 0 Å². The zero-order chi connectivity index (χ0) is 11.4. The quantitative estimate of drug-likeness (QED) is 0.832. The molecule has 0 fully saturated rings. The van der Waals surface area contributed by atoms with Crippen LogP contribution in [-0.2, 0) is 0 Å². The molecule has 0 bridgehead atoms. The van der Waals surface area contributed by atoms with Gasteiger partial charge in [-0.25, -0.2) is 4.39 Å². The van der Waals surface area contributed by atoms with Gasteiger partial charge in [0.15, 0.2) is 0 Å². The summed E-state index contributed by atoms with van der Waals surface area (Å²) in [6.45, 7) is 0.128. The van der Waals surface area contributed by atoms with Gasteiger partial charge in [-0.1, -0.05) is 12.2 Å². The Morgan fingerprint density at radius 2 is 2.27 bits per heavy atom. The van der Waals surface area contributed by atoms with Crippen LogP contribution in [0.25, 0.3) is 0 Å². The highest BCUT2D eigenvalue weighted by molar-refractivity contribution is 9.10. The number of nitrogens with two attached hydrogens (primary N) is 1. The number of benzene rings is 1. The second-order valence-corrected chi connectivity index (χ2v) is 4.16. The monoisotopic (exact) mass is 290 g/mol. The van der Waals surface area contributed by atoms with Crippen LogP contribution in [0.4, 0.5) is 4.39 Å². The standard InChI is InChI=1S/C9H8BrFN2OS/c10-6-3-5(1-2-7(6)11)9(14)13-4-8(12)15/h1-3H,4H2,(H2,12,15)(H,13,14). The molecule has 0 aromatic heterocycles. The van der Waals surface area contributed by atoms with Crippen molar-refractivity contribution in [2.75, 3.05) is 6.54 Å². The van der Waals surface area contributed by atoms with Crippen molar-refractivity contribution >= 4 is 39.0 Å². The molecule has 3 N–H and O–H groups in total. The van der Waals surface area contributed by atoms with E-state index in [0.717, 1.165) is 0 Å². The molecule has 1 rings (SSSR count). The summed E-state index contributed by atoms with van der Waals surface area (Å²) in [6.07, 6.45) is 0.